The van der Waals surface area contributed by atoms with Crippen LogP contribution in [-0.4, -0.2) is 34.7 Å². The van der Waals surface area contributed by atoms with Gasteiger partial charge in [0, 0.05) is 26.3 Å². The summed E-state index contributed by atoms with van der Waals surface area (Å²) in [6.07, 6.45) is 1.66. The van der Waals surface area contributed by atoms with Gasteiger partial charge in [-0.05, 0) is 25.0 Å². The zero-order valence-electron chi connectivity index (χ0n) is 11.5. The van der Waals surface area contributed by atoms with Crippen LogP contribution in [0.15, 0.2) is 17.0 Å². The maximum absolute atomic E-state index is 11.4. The van der Waals surface area contributed by atoms with E-state index in [4.69, 9.17) is 21.5 Å². The lowest BCUT2D eigenvalue weighted by molar-refractivity contribution is 0.0855. The quantitative estimate of drug-likeness (QED) is 0.905. The molecule has 0 amide bonds. The molecule has 1 fully saturated rings. The van der Waals surface area contributed by atoms with Crippen LogP contribution in [0.5, 0.6) is 0 Å². The van der Waals surface area contributed by atoms with Gasteiger partial charge in [0.1, 0.15) is 6.07 Å². The average molecular weight is 330 g/mol. The first kappa shape index (κ1) is 16.0. The van der Waals surface area contributed by atoms with E-state index in [-0.39, 0.29) is 21.5 Å². The highest BCUT2D eigenvalue weighted by atomic mass is 35.5. The van der Waals surface area contributed by atoms with Crippen molar-refractivity contribution in [2.45, 2.75) is 23.8 Å². The molecule has 1 heterocycles. The first-order valence-corrected chi connectivity index (χ1v) is 8.34. The number of anilines is 1. The average Bonchev–Trinajstić information content (AvgIpc) is 2.45. The maximum atomic E-state index is 11.4. The molecule has 0 radical (unpaired) electrons. The number of primary sulfonamides is 1. The molecule has 1 aliphatic heterocycles. The van der Waals surface area contributed by atoms with E-state index < -0.39 is 10.0 Å². The largest absolute Gasteiger partial charge is 0.381 e. The van der Waals surface area contributed by atoms with Crippen LogP contribution in [-0.2, 0) is 14.8 Å². The molecule has 0 unspecified atom stereocenters. The van der Waals surface area contributed by atoms with Crippen molar-refractivity contribution in [2.24, 2.45) is 5.14 Å². The molecule has 2 N–H and O–H groups in total. The number of nitriles is 1. The molecule has 1 aromatic rings. The Morgan fingerprint density at radius 3 is 2.57 bits per heavy atom. The van der Waals surface area contributed by atoms with E-state index in [1.54, 1.807) is 0 Å². The summed E-state index contributed by atoms with van der Waals surface area (Å²) < 4.78 is 28.1. The molecule has 1 aromatic carbocycles. The van der Waals surface area contributed by atoms with Crippen LogP contribution in [0.4, 0.5) is 5.69 Å². The predicted molar refractivity (Wildman–Crippen MR) is 79.8 cm³/mol. The molecule has 0 saturated carbocycles. The van der Waals surface area contributed by atoms with Gasteiger partial charge in [-0.25, -0.2) is 13.6 Å². The molecular formula is C13H16ClN3O3S. The Balaban J connectivity index is 2.46. The van der Waals surface area contributed by atoms with Crippen LogP contribution in [0.1, 0.15) is 18.4 Å². The Bertz CT molecular complexity index is 679. The Labute approximate surface area is 129 Å². The van der Waals surface area contributed by atoms with Crippen LogP contribution < -0.4 is 10.0 Å². The Morgan fingerprint density at radius 2 is 2.05 bits per heavy atom. The predicted octanol–water partition coefficient (Wildman–Crippen LogP) is 1.47. The van der Waals surface area contributed by atoms with Crippen molar-refractivity contribution in [3.8, 4) is 6.07 Å². The van der Waals surface area contributed by atoms with Gasteiger partial charge in [0.15, 0.2) is 0 Å². The number of hydrogen-bond donors (Lipinski definition) is 1. The Morgan fingerprint density at radius 1 is 1.43 bits per heavy atom. The molecule has 0 bridgehead atoms. The van der Waals surface area contributed by atoms with Crippen LogP contribution in [0.2, 0.25) is 5.02 Å². The second-order valence-corrected chi connectivity index (χ2v) is 6.88. The molecule has 6 nitrogen and oxygen atoms in total. The monoisotopic (exact) mass is 329 g/mol. The molecule has 0 aliphatic carbocycles. The summed E-state index contributed by atoms with van der Waals surface area (Å²) in [5.41, 5.74) is 0.721. The van der Waals surface area contributed by atoms with Crippen molar-refractivity contribution in [3.05, 3.63) is 22.7 Å². The number of nitrogens with two attached hydrogens (primary N) is 1. The fraction of sp³-hybridized carbons (Fsp3) is 0.462. The Kier molecular flexibility index (Phi) is 4.74. The molecular weight excluding hydrogens is 314 g/mol. The first-order valence-electron chi connectivity index (χ1n) is 6.41. The zero-order chi connectivity index (χ0) is 15.6. The van der Waals surface area contributed by atoms with Gasteiger partial charge in [-0.2, -0.15) is 5.26 Å². The molecule has 21 heavy (non-hydrogen) atoms. The van der Waals surface area contributed by atoms with Gasteiger partial charge in [-0.3, -0.25) is 0 Å². The van der Waals surface area contributed by atoms with E-state index in [1.807, 2.05) is 18.0 Å². The van der Waals surface area contributed by atoms with E-state index in [1.165, 1.54) is 12.1 Å². The third-order valence-corrected chi connectivity index (χ3v) is 4.76. The highest BCUT2D eigenvalue weighted by Gasteiger charge is 2.24. The molecule has 0 spiro atoms. The van der Waals surface area contributed by atoms with Gasteiger partial charge in [-0.15, -0.1) is 0 Å². The summed E-state index contributed by atoms with van der Waals surface area (Å²) in [4.78, 5) is 1.75. The maximum Gasteiger partial charge on any atom is 0.238 e. The van der Waals surface area contributed by atoms with Gasteiger partial charge in [-0.1, -0.05) is 11.6 Å². The smallest absolute Gasteiger partial charge is 0.238 e. The lowest BCUT2D eigenvalue weighted by Crippen LogP contribution is -2.37. The number of ether oxygens (including phenoxy) is 1. The summed E-state index contributed by atoms with van der Waals surface area (Å²) >= 11 is 6.19. The highest BCUT2D eigenvalue weighted by Crippen LogP contribution is 2.34. The molecule has 114 valence electrons. The summed E-state index contributed by atoms with van der Waals surface area (Å²) in [5, 5.41) is 14.6. The van der Waals surface area contributed by atoms with E-state index in [0.717, 1.165) is 12.8 Å². The number of hydrogen-bond acceptors (Lipinski definition) is 5. The third-order valence-electron chi connectivity index (χ3n) is 3.58. The SMILES string of the molecule is CN(c1c(Cl)cc(S(N)(=O)=O)cc1C#N)C1CCOCC1. The third kappa shape index (κ3) is 3.47. The van der Waals surface area contributed by atoms with Gasteiger partial charge in [0.05, 0.1) is 21.2 Å². The first-order chi connectivity index (χ1) is 9.84. The van der Waals surface area contributed by atoms with Gasteiger partial charge >= 0.3 is 0 Å². The zero-order valence-corrected chi connectivity index (χ0v) is 13.1. The van der Waals surface area contributed by atoms with Crippen LogP contribution in [0.25, 0.3) is 0 Å². The summed E-state index contributed by atoms with van der Waals surface area (Å²) in [5.74, 6) is 0. The van der Waals surface area contributed by atoms with E-state index in [0.29, 0.717) is 18.9 Å². The minimum absolute atomic E-state index is 0.159. The lowest BCUT2D eigenvalue weighted by Gasteiger charge is -2.34. The minimum Gasteiger partial charge on any atom is -0.381 e. The summed E-state index contributed by atoms with van der Waals surface area (Å²) in [6.45, 7) is 1.31. The van der Waals surface area contributed by atoms with E-state index in [2.05, 4.69) is 0 Å². The number of benzene rings is 1. The standard InChI is InChI=1S/C13H16ClN3O3S/c1-17(10-2-4-20-5-3-10)13-9(8-15)6-11(7-12(13)14)21(16,18)19/h6-7,10H,2-5H2,1H3,(H2,16,18,19). The minimum atomic E-state index is -3.90. The number of nitrogens with zero attached hydrogens (tertiary/aromatic N) is 2. The molecule has 8 heteroatoms. The summed E-state index contributed by atoms with van der Waals surface area (Å²) in [6, 6.07) is 4.73. The van der Waals surface area contributed by atoms with Crippen molar-refractivity contribution < 1.29 is 13.2 Å². The summed E-state index contributed by atoms with van der Waals surface area (Å²) in [7, 11) is -2.06. The van der Waals surface area contributed by atoms with Crippen molar-refractivity contribution in [3.63, 3.8) is 0 Å². The molecule has 1 saturated heterocycles. The van der Waals surface area contributed by atoms with Crippen LogP contribution in [0, 0.1) is 11.3 Å². The van der Waals surface area contributed by atoms with E-state index in [9.17, 15) is 13.7 Å². The second-order valence-electron chi connectivity index (χ2n) is 4.91. The second kappa shape index (κ2) is 6.20. The van der Waals surface area contributed by atoms with Crippen LogP contribution >= 0.6 is 11.6 Å². The molecule has 0 aromatic heterocycles. The van der Waals surface area contributed by atoms with Crippen molar-refractivity contribution >= 4 is 27.3 Å². The topological polar surface area (TPSA) is 96.4 Å². The van der Waals surface area contributed by atoms with Gasteiger partial charge in [0.25, 0.3) is 0 Å². The Hall–Kier alpha value is -1.33. The normalized spacial score (nSPS) is 16.5. The van der Waals surface area contributed by atoms with E-state index >= 15 is 0 Å². The number of rotatable bonds is 3. The van der Waals surface area contributed by atoms with Gasteiger partial charge in [0.2, 0.25) is 10.0 Å². The van der Waals surface area contributed by atoms with Crippen molar-refractivity contribution in [1.82, 2.24) is 0 Å². The van der Waals surface area contributed by atoms with Crippen LogP contribution in [0.3, 0.4) is 0 Å². The van der Waals surface area contributed by atoms with Gasteiger partial charge < -0.3 is 9.64 Å². The fourth-order valence-electron chi connectivity index (χ4n) is 2.44. The highest BCUT2D eigenvalue weighted by molar-refractivity contribution is 7.89. The number of sulfonamides is 1. The molecule has 1 aliphatic rings. The lowest BCUT2D eigenvalue weighted by atomic mass is 10.1. The fourth-order valence-corrected chi connectivity index (χ4v) is 3.42. The molecule has 0 atom stereocenters. The van der Waals surface area contributed by atoms with Crippen molar-refractivity contribution in [2.75, 3.05) is 25.2 Å². The molecule has 2 rings (SSSR count). The number of halogens is 1. The van der Waals surface area contributed by atoms with Crippen molar-refractivity contribution in [1.29, 1.82) is 5.26 Å².